The largest absolute Gasteiger partial charge is 0.256 e. The monoisotopic (exact) mass is 491 g/mol. The molecule has 0 spiro atoms. The topological polar surface area (TPSA) is 38.1 Å². The number of terminal acetylenes is 1. The molecule has 0 fully saturated rings. The van der Waals surface area contributed by atoms with Crippen LogP contribution in [-0.2, 0) is 0 Å². The fourth-order valence-corrected chi connectivity index (χ4v) is 4.23. The number of aliphatic imine (C=N–C) groups is 1. The quantitative estimate of drug-likeness (QED) is 0.189. The summed E-state index contributed by atoms with van der Waals surface area (Å²) in [6.07, 6.45) is 29.1. The van der Waals surface area contributed by atoms with Crippen LogP contribution in [0.3, 0.4) is 0 Å². The number of benzene rings is 2. The molecular formula is C35H29N3. The van der Waals surface area contributed by atoms with E-state index in [4.69, 9.17) is 6.42 Å². The van der Waals surface area contributed by atoms with E-state index >= 15 is 0 Å². The van der Waals surface area contributed by atoms with Gasteiger partial charge in [0, 0.05) is 34.1 Å². The highest BCUT2D eigenvalue weighted by Gasteiger charge is 2.13. The van der Waals surface area contributed by atoms with Crippen molar-refractivity contribution in [2.75, 3.05) is 0 Å². The van der Waals surface area contributed by atoms with Crippen LogP contribution in [0.2, 0.25) is 0 Å². The molecule has 1 aliphatic heterocycles. The zero-order valence-electron chi connectivity index (χ0n) is 21.9. The van der Waals surface area contributed by atoms with E-state index in [2.05, 4.69) is 76.0 Å². The first-order chi connectivity index (χ1) is 18.7. The molecule has 0 bridgehead atoms. The summed E-state index contributed by atoms with van der Waals surface area (Å²) in [5.41, 5.74) is 12.9. The molecule has 184 valence electrons. The van der Waals surface area contributed by atoms with E-state index in [1.54, 1.807) is 18.7 Å². The number of allylic oxidation sites excluding steroid dienone is 9. The maximum Gasteiger partial charge on any atom is 0.116 e. The lowest BCUT2D eigenvalue weighted by Crippen LogP contribution is -1.98. The zero-order chi connectivity index (χ0) is 26.7. The Bertz CT molecular complexity index is 1630. The third-order valence-corrected chi connectivity index (χ3v) is 6.07. The normalized spacial score (nSPS) is 13.4. The van der Waals surface area contributed by atoms with Gasteiger partial charge in [0.05, 0.1) is 17.6 Å². The first-order valence-electron chi connectivity index (χ1n) is 12.5. The summed E-state index contributed by atoms with van der Waals surface area (Å²) >= 11 is 0. The van der Waals surface area contributed by atoms with Crippen LogP contribution >= 0.6 is 0 Å². The van der Waals surface area contributed by atoms with Crippen LogP contribution in [0.5, 0.6) is 0 Å². The molecule has 1 aromatic heterocycles. The summed E-state index contributed by atoms with van der Waals surface area (Å²) in [6.45, 7) is 6.06. The maximum atomic E-state index is 5.76. The Hall–Kier alpha value is -5.03. The first-order valence-corrected chi connectivity index (χ1v) is 12.5. The van der Waals surface area contributed by atoms with E-state index in [1.807, 2.05) is 68.5 Å². The van der Waals surface area contributed by atoms with Crippen molar-refractivity contribution in [2.45, 2.75) is 20.8 Å². The number of nitrogens with zero attached hydrogens (tertiary/aromatic N) is 3. The second kappa shape index (κ2) is 12.8. The molecule has 3 nitrogen and oxygen atoms in total. The third kappa shape index (κ3) is 6.02. The fourth-order valence-electron chi connectivity index (χ4n) is 4.23. The van der Waals surface area contributed by atoms with Crippen LogP contribution in [-0.4, -0.2) is 16.2 Å². The van der Waals surface area contributed by atoms with Crippen molar-refractivity contribution in [3.05, 3.63) is 137 Å². The Labute approximate surface area is 225 Å². The summed E-state index contributed by atoms with van der Waals surface area (Å²) in [4.78, 5) is 13.5. The van der Waals surface area contributed by atoms with E-state index in [0.29, 0.717) is 0 Å². The van der Waals surface area contributed by atoms with Crippen molar-refractivity contribution in [2.24, 2.45) is 4.99 Å². The van der Waals surface area contributed by atoms with Gasteiger partial charge >= 0.3 is 0 Å². The molecule has 0 amide bonds. The summed E-state index contributed by atoms with van der Waals surface area (Å²) in [5.74, 6) is 2.79. The van der Waals surface area contributed by atoms with Gasteiger partial charge < -0.3 is 0 Å². The highest BCUT2D eigenvalue weighted by Crippen LogP contribution is 2.30. The van der Waals surface area contributed by atoms with Crippen LogP contribution in [0.25, 0.3) is 34.6 Å². The van der Waals surface area contributed by atoms with Gasteiger partial charge in [-0.2, -0.15) is 0 Å². The van der Waals surface area contributed by atoms with Gasteiger partial charge in [-0.1, -0.05) is 84.5 Å². The van der Waals surface area contributed by atoms with E-state index in [9.17, 15) is 0 Å². The van der Waals surface area contributed by atoms with Crippen molar-refractivity contribution in [1.29, 1.82) is 0 Å². The number of aromatic nitrogens is 2. The Morgan fingerprint density at radius 2 is 1.84 bits per heavy atom. The Kier molecular flexibility index (Phi) is 8.76. The molecule has 0 saturated heterocycles. The Morgan fingerprint density at radius 3 is 2.66 bits per heavy atom. The van der Waals surface area contributed by atoms with Crippen LogP contribution in [0, 0.1) is 19.3 Å². The van der Waals surface area contributed by atoms with E-state index < -0.39 is 0 Å². The van der Waals surface area contributed by atoms with Crippen LogP contribution < -0.4 is 0 Å². The molecule has 0 atom stereocenters. The van der Waals surface area contributed by atoms with Gasteiger partial charge in [0.15, 0.2) is 0 Å². The van der Waals surface area contributed by atoms with Gasteiger partial charge in [-0.05, 0) is 61.7 Å². The highest BCUT2D eigenvalue weighted by molar-refractivity contribution is 5.86. The first kappa shape index (κ1) is 26.0. The molecule has 3 heteroatoms. The average molecular weight is 492 g/mol. The average Bonchev–Trinajstić information content (AvgIpc) is 3.24. The molecule has 4 rings (SSSR count). The smallest absolute Gasteiger partial charge is 0.116 e. The SMILES string of the molecule is C#Cc1cccc(/C=C/C(=C\C=C/C)c2ncnc(-c3cccc(C4=C=CN=CC=C4)c3)c2C)c1/C=C\C. The predicted molar refractivity (Wildman–Crippen MR) is 162 cm³/mol. The minimum atomic E-state index is 0.865. The molecule has 2 heterocycles. The Morgan fingerprint density at radius 1 is 1.00 bits per heavy atom. The standard InChI is InChI=1S/C35H29N3/c1-5-8-13-30(20-19-29-15-9-14-27(7-3)33(29)12-6-2)34-26(4)35(38-25-37-34)32-17-10-16-31(24-32)28-18-11-22-36-23-21-28/h3,5-6,8-20,22-25H,1-2,4H3/b8-5-,12-6-,20-19+,30-13+. The van der Waals surface area contributed by atoms with Crippen molar-refractivity contribution in [3.8, 4) is 23.6 Å². The van der Waals surface area contributed by atoms with Crippen molar-refractivity contribution < 1.29 is 0 Å². The van der Waals surface area contributed by atoms with Crippen LogP contribution in [0.1, 0.15) is 47.4 Å². The Balaban J connectivity index is 1.77. The molecule has 0 unspecified atom stereocenters. The summed E-state index contributed by atoms with van der Waals surface area (Å²) in [7, 11) is 0. The van der Waals surface area contributed by atoms with Crippen molar-refractivity contribution >= 4 is 29.5 Å². The van der Waals surface area contributed by atoms with Crippen LogP contribution in [0.4, 0.5) is 0 Å². The molecule has 1 aliphatic rings. The zero-order valence-corrected chi connectivity index (χ0v) is 21.9. The lowest BCUT2D eigenvalue weighted by molar-refractivity contribution is 1.11. The second-order valence-electron chi connectivity index (χ2n) is 8.55. The second-order valence-corrected chi connectivity index (χ2v) is 8.55. The highest BCUT2D eigenvalue weighted by atomic mass is 14.8. The fraction of sp³-hybridized carbons (Fsp3) is 0.0857. The predicted octanol–water partition coefficient (Wildman–Crippen LogP) is 8.28. The lowest BCUT2D eigenvalue weighted by atomic mass is 9.96. The minimum absolute atomic E-state index is 0.865. The van der Waals surface area contributed by atoms with Crippen LogP contribution in [0.15, 0.2) is 108 Å². The molecule has 0 saturated carbocycles. The van der Waals surface area contributed by atoms with Gasteiger partial charge in [-0.15, -0.1) is 6.42 Å². The van der Waals surface area contributed by atoms with Crippen molar-refractivity contribution in [1.82, 2.24) is 9.97 Å². The minimum Gasteiger partial charge on any atom is -0.256 e. The molecule has 0 radical (unpaired) electrons. The maximum absolute atomic E-state index is 5.76. The number of rotatable bonds is 7. The van der Waals surface area contributed by atoms with Gasteiger partial charge in [0.1, 0.15) is 6.33 Å². The molecule has 2 aromatic carbocycles. The molecule has 38 heavy (non-hydrogen) atoms. The summed E-state index contributed by atoms with van der Waals surface area (Å²) in [6, 6.07) is 14.3. The van der Waals surface area contributed by atoms with E-state index in [0.717, 1.165) is 55.9 Å². The summed E-state index contributed by atoms with van der Waals surface area (Å²) < 4.78 is 0. The molecule has 0 N–H and O–H groups in total. The van der Waals surface area contributed by atoms with E-state index in [-0.39, 0.29) is 0 Å². The van der Waals surface area contributed by atoms with Crippen molar-refractivity contribution in [3.63, 3.8) is 0 Å². The molecule has 3 aromatic rings. The van der Waals surface area contributed by atoms with Gasteiger partial charge in [-0.25, -0.2) is 9.97 Å². The van der Waals surface area contributed by atoms with Gasteiger partial charge in [0.2, 0.25) is 0 Å². The summed E-state index contributed by atoms with van der Waals surface area (Å²) in [5, 5.41) is 0. The number of hydrogen-bond donors (Lipinski definition) is 0. The van der Waals surface area contributed by atoms with Gasteiger partial charge in [-0.3, -0.25) is 4.99 Å². The molecular weight excluding hydrogens is 462 g/mol. The lowest BCUT2D eigenvalue weighted by Gasteiger charge is -2.12. The van der Waals surface area contributed by atoms with Gasteiger partial charge in [0.25, 0.3) is 0 Å². The third-order valence-electron chi connectivity index (χ3n) is 6.07. The number of hydrogen-bond acceptors (Lipinski definition) is 3. The van der Waals surface area contributed by atoms with E-state index in [1.165, 1.54) is 0 Å². The molecule has 0 aliphatic carbocycles.